The highest BCUT2D eigenvalue weighted by molar-refractivity contribution is 6.17. The molecule has 1 atom stereocenters. The third-order valence-corrected chi connectivity index (χ3v) is 6.73. The summed E-state index contributed by atoms with van der Waals surface area (Å²) in [5.74, 6) is 3.65. The predicted molar refractivity (Wildman–Crippen MR) is 95.7 cm³/mol. The molecule has 2 aliphatic carbocycles. The molecule has 0 spiro atoms. The molecule has 0 aromatic carbocycles. The fraction of sp³-hybridized carbons (Fsp3) is 0.900. The first kappa shape index (κ1) is 19.0. The van der Waals surface area contributed by atoms with Crippen LogP contribution in [0.4, 0.5) is 0 Å². The molecule has 2 nitrogen and oxygen atoms in total. The van der Waals surface area contributed by atoms with E-state index in [4.69, 9.17) is 11.6 Å². The number of hydrogen-bond donors (Lipinski definition) is 0. The lowest BCUT2D eigenvalue weighted by atomic mass is 9.66. The molecule has 1 unspecified atom stereocenters. The number of ketones is 1. The Morgan fingerprint density at radius 1 is 1.04 bits per heavy atom. The summed E-state index contributed by atoms with van der Waals surface area (Å²) in [6, 6.07) is 0. The lowest BCUT2D eigenvalue weighted by Crippen LogP contribution is -2.32. The van der Waals surface area contributed by atoms with Crippen molar-refractivity contribution in [3.63, 3.8) is 0 Å². The smallest absolute Gasteiger partial charge is 0.135 e. The molecular weight excluding hydrogens is 308 g/mol. The molecular formula is C20H33ClO2. The zero-order valence-corrected chi connectivity index (χ0v) is 15.4. The number of rotatable bonds is 8. The van der Waals surface area contributed by atoms with Crippen LogP contribution in [-0.2, 0) is 9.59 Å². The van der Waals surface area contributed by atoms with Crippen molar-refractivity contribution in [3.8, 4) is 0 Å². The van der Waals surface area contributed by atoms with Gasteiger partial charge in [-0.3, -0.25) is 4.79 Å². The van der Waals surface area contributed by atoms with Gasteiger partial charge in [-0.25, -0.2) is 0 Å². The van der Waals surface area contributed by atoms with Gasteiger partial charge in [-0.1, -0.05) is 19.8 Å². The Bertz CT molecular complexity index is 366. The van der Waals surface area contributed by atoms with Crippen molar-refractivity contribution in [2.75, 3.05) is 5.88 Å². The predicted octanol–water partition coefficient (Wildman–Crippen LogP) is 5.41. The number of carbonyl (C=O) groups is 2. The fourth-order valence-electron chi connectivity index (χ4n) is 4.95. The molecule has 23 heavy (non-hydrogen) atoms. The van der Waals surface area contributed by atoms with E-state index in [9.17, 15) is 9.59 Å². The number of carbonyl (C=O) groups excluding carboxylic acids is 2. The number of Topliss-reactive ketones (excluding diaryl/α,β-unsaturated/α-hetero) is 1. The Hall–Kier alpha value is -0.370. The highest BCUT2D eigenvalue weighted by atomic mass is 35.5. The fourth-order valence-corrected chi connectivity index (χ4v) is 5.10. The number of aldehydes is 1. The van der Waals surface area contributed by atoms with Gasteiger partial charge in [0.15, 0.2) is 0 Å². The Morgan fingerprint density at radius 3 is 2.09 bits per heavy atom. The highest BCUT2D eigenvalue weighted by Crippen LogP contribution is 2.42. The monoisotopic (exact) mass is 340 g/mol. The molecule has 0 aliphatic heterocycles. The van der Waals surface area contributed by atoms with Crippen LogP contribution in [0, 0.1) is 29.6 Å². The maximum absolute atomic E-state index is 11.9. The second-order valence-corrected chi connectivity index (χ2v) is 8.13. The first-order valence-corrected chi connectivity index (χ1v) is 10.3. The van der Waals surface area contributed by atoms with Gasteiger partial charge >= 0.3 is 0 Å². The van der Waals surface area contributed by atoms with Gasteiger partial charge in [0, 0.05) is 24.1 Å². The Morgan fingerprint density at radius 2 is 1.61 bits per heavy atom. The minimum Gasteiger partial charge on any atom is -0.303 e. The van der Waals surface area contributed by atoms with Crippen LogP contribution >= 0.6 is 11.6 Å². The van der Waals surface area contributed by atoms with E-state index < -0.39 is 0 Å². The van der Waals surface area contributed by atoms with Crippen LogP contribution in [0.15, 0.2) is 0 Å². The van der Waals surface area contributed by atoms with Crippen molar-refractivity contribution in [2.24, 2.45) is 29.6 Å². The molecule has 0 aromatic heterocycles. The van der Waals surface area contributed by atoms with E-state index in [0.717, 1.165) is 43.9 Å². The first-order valence-electron chi connectivity index (χ1n) is 9.73. The summed E-state index contributed by atoms with van der Waals surface area (Å²) in [4.78, 5) is 23.6. The average Bonchev–Trinajstić information content (AvgIpc) is 2.61. The van der Waals surface area contributed by atoms with Crippen LogP contribution in [0.3, 0.4) is 0 Å². The number of halogens is 1. The summed E-state index contributed by atoms with van der Waals surface area (Å²) in [5, 5.41) is 0. The molecule has 2 rings (SSSR count). The van der Waals surface area contributed by atoms with Gasteiger partial charge in [0.2, 0.25) is 0 Å². The average molecular weight is 341 g/mol. The van der Waals surface area contributed by atoms with E-state index in [0.29, 0.717) is 24.0 Å². The van der Waals surface area contributed by atoms with Crippen LogP contribution in [0.2, 0.25) is 0 Å². The molecule has 0 amide bonds. The third-order valence-electron chi connectivity index (χ3n) is 6.46. The topological polar surface area (TPSA) is 34.1 Å². The van der Waals surface area contributed by atoms with Gasteiger partial charge in [-0.15, -0.1) is 11.6 Å². The normalized spacial score (nSPS) is 33.1. The highest BCUT2D eigenvalue weighted by Gasteiger charge is 2.35. The minimum atomic E-state index is 0.238. The van der Waals surface area contributed by atoms with Crippen molar-refractivity contribution < 1.29 is 9.59 Å². The van der Waals surface area contributed by atoms with E-state index in [1.807, 2.05) is 6.92 Å². The Balaban J connectivity index is 1.80. The summed E-state index contributed by atoms with van der Waals surface area (Å²) in [5.41, 5.74) is 0. The van der Waals surface area contributed by atoms with Crippen LogP contribution in [-0.4, -0.2) is 17.9 Å². The number of alkyl halides is 1. The second-order valence-electron chi connectivity index (χ2n) is 7.76. The van der Waals surface area contributed by atoms with Gasteiger partial charge < -0.3 is 4.79 Å². The van der Waals surface area contributed by atoms with Crippen LogP contribution in [0.25, 0.3) is 0 Å². The molecule has 3 heteroatoms. The largest absolute Gasteiger partial charge is 0.303 e. The molecule has 0 N–H and O–H groups in total. The summed E-state index contributed by atoms with van der Waals surface area (Å²) in [7, 11) is 0. The Labute approximate surface area is 146 Å². The Kier molecular flexibility index (Phi) is 8.09. The van der Waals surface area contributed by atoms with Crippen LogP contribution in [0.5, 0.6) is 0 Å². The summed E-state index contributed by atoms with van der Waals surface area (Å²) in [6.45, 7) is 1.96. The second kappa shape index (κ2) is 9.81. The van der Waals surface area contributed by atoms with E-state index in [2.05, 4.69) is 0 Å². The lowest BCUT2D eigenvalue weighted by Gasteiger charge is -2.38. The SMILES string of the molecule is CCC(=O)C1CCC(C(C=O)C2CCC(CCCCl)CC2)CC1. The van der Waals surface area contributed by atoms with Gasteiger partial charge in [0.25, 0.3) is 0 Å². The van der Waals surface area contributed by atoms with Gasteiger partial charge in [-0.2, -0.15) is 0 Å². The standard InChI is InChI=1S/C20H33ClO2/c1-2-20(23)18-11-9-17(10-12-18)19(14-22)16-7-5-15(6-8-16)4-3-13-21/h14-19H,2-13H2,1H3. The quantitative estimate of drug-likeness (QED) is 0.437. The zero-order valence-electron chi connectivity index (χ0n) is 14.6. The van der Waals surface area contributed by atoms with Crippen LogP contribution in [0.1, 0.15) is 77.6 Å². The van der Waals surface area contributed by atoms with E-state index in [1.54, 1.807) is 0 Å². The molecule has 132 valence electrons. The van der Waals surface area contributed by atoms with Crippen molar-refractivity contribution in [1.82, 2.24) is 0 Å². The molecule has 0 saturated heterocycles. The van der Waals surface area contributed by atoms with E-state index in [-0.39, 0.29) is 11.8 Å². The van der Waals surface area contributed by atoms with E-state index in [1.165, 1.54) is 38.4 Å². The van der Waals surface area contributed by atoms with Crippen LogP contribution < -0.4 is 0 Å². The molecule has 2 saturated carbocycles. The zero-order chi connectivity index (χ0) is 16.7. The number of hydrogen-bond acceptors (Lipinski definition) is 2. The molecule has 2 fully saturated rings. The summed E-state index contributed by atoms with van der Waals surface area (Å²) in [6.07, 6.45) is 13.4. The first-order chi connectivity index (χ1) is 11.2. The molecule has 0 heterocycles. The van der Waals surface area contributed by atoms with Crippen molar-refractivity contribution >= 4 is 23.7 Å². The third kappa shape index (κ3) is 5.31. The summed E-state index contributed by atoms with van der Waals surface area (Å²) < 4.78 is 0. The van der Waals surface area contributed by atoms with Gasteiger partial charge in [0.05, 0.1) is 0 Å². The van der Waals surface area contributed by atoms with Crippen molar-refractivity contribution in [1.29, 1.82) is 0 Å². The summed E-state index contributed by atoms with van der Waals surface area (Å²) >= 11 is 5.80. The maximum Gasteiger partial charge on any atom is 0.135 e. The minimum absolute atomic E-state index is 0.238. The van der Waals surface area contributed by atoms with E-state index >= 15 is 0 Å². The molecule has 0 bridgehead atoms. The molecule has 2 aliphatic rings. The van der Waals surface area contributed by atoms with Crippen molar-refractivity contribution in [3.05, 3.63) is 0 Å². The molecule has 0 aromatic rings. The van der Waals surface area contributed by atoms with Gasteiger partial charge in [0.1, 0.15) is 12.1 Å². The maximum atomic E-state index is 11.9. The lowest BCUT2D eigenvalue weighted by molar-refractivity contribution is -0.124. The van der Waals surface area contributed by atoms with Crippen molar-refractivity contribution in [2.45, 2.75) is 77.6 Å². The van der Waals surface area contributed by atoms with Gasteiger partial charge in [-0.05, 0) is 69.1 Å². The molecule has 0 radical (unpaired) electrons.